The summed E-state index contributed by atoms with van der Waals surface area (Å²) in [6.45, 7) is 2.69. The Bertz CT molecular complexity index is 921. The van der Waals surface area contributed by atoms with Crippen LogP contribution in [0.15, 0.2) is 71.9 Å². The number of hydrogen-bond acceptors (Lipinski definition) is 4. The van der Waals surface area contributed by atoms with E-state index in [-0.39, 0.29) is 11.7 Å². The topological polar surface area (TPSA) is 38.1 Å². The molecule has 1 fully saturated rings. The number of carbonyl (C=O) groups excluding carboxylic acids is 1. The first-order valence-corrected chi connectivity index (χ1v) is 10.9. The van der Waals surface area contributed by atoms with Gasteiger partial charge in [0.25, 0.3) is 0 Å². The summed E-state index contributed by atoms with van der Waals surface area (Å²) in [5.74, 6) is 0.357. The van der Waals surface area contributed by atoms with Gasteiger partial charge in [-0.1, -0.05) is 30.3 Å². The van der Waals surface area contributed by atoms with Gasteiger partial charge in [-0.2, -0.15) is 5.10 Å². The van der Waals surface area contributed by atoms with Crippen LogP contribution in [0.1, 0.15) is 28.8 Å². The second-order valence-electron chi connectivity index (χ2n) is 7.30. The fourth-order valence-corrected chi connectivity index (χ4v) is 4.23. The second-order valence-corrected chi connectivity index (χ2v) is 8.18. The van der Waals surface area contributed by atoms with Crippen LogP contribution in [-0.4, -0.2) is 39.8 Å². The highest BCUT2D eigenvalue weighted by Crippen LogP contribution is 2.24. The molecule has 2 aromatic carbocycles. The molecule has 0 amide bonds. The van der Waals surface area contributed by atoms with E-state index in [4.69, 9.17) is 0 Å². The lowest BCUT2D eigenvalue weighted by atomic mass is 9.90. The van der Waals surface area contributed by atoms with E-state index in [1.54, 1.807) is 11.8 Å². The van der Waals surface area contributed by atoms with E-state index in [9.17, 15) is 4.79 Å². The van der Waals surface area contributed by atoms with Crippen LogP contribution in [0.3, 0.4) is 0 Å². The van der Waals surface area contributed by atoms with Gasteiger partial charge in [-0.15, -0.1) is 11.8 Å². The number of thioether (sulfide) groups is 1. The minimum Gasteiger partial charge on any atom is -0.298 e. The SMILES string of the molecule is CSc1ccc(C(=O)[C@H]2CCCN(Cc3cnn(-c4ccccc4)c3)C2)cc1. The molecule has 5 heteroatoms. The van der Waals surface area contributed by atoms with Crippen LogP contribution >= 0.6 is 11.8 Å². The number of likely N-dealkylation sites (tertiary alicyclic amines) is 1. The average molecular weight is 392 g/mol. The summed E-state index contributed by atoms with van der Waals surface area (Å²) in [6, 6.07) is 18.2. The zero-order valence-corrected chi connectivity index (χ0v) is 16.9. The third kappa shape index (κ3) is 4.37. The number of hydrogen-bond donors (Lipinski definition) is 0. The van der Waals surface area contributed by atoms with E-state index >= 15 is 0 Å². The third-order valence-corrected chi connectivity index (χ3v) is 6.06. The maximum atomic E-state index is 12.9. The summed E-state index contributed by atoms with van der Waals surface area (Å²) in [5, 5.41) is 4.49. The Labute approximate surface area is 170 Å². The average Bonchev–Trinajstić information content (AvgIpc) is 3.22. The number of Topliss-reactive ketones (excluding diaryl/α,β-unsaturated/α-hetero) is 1. The lowest BCUT2D eigenvalue weighted by Crippen LogP contribution is -2.38. The van der Waals surface area contributed by atoms with E-state index in [1.807, 2.05) is 53.3 Å². The van der Waals surface area contributed by atoms with Crippen molar-refractivity contribution in [3.8, 4) is 5.69 Å². The molecule has 1 aliphatic heterocycles. The molecule has 0 bridgehead atoms. The summed E-state index contributed by atoms with van der Waals surface area (Å²) in [7, 11) is 0. The van der Waals surface area contributed by atoms with Crippen molar-refractivity contribution in [2.45, 2.75) is 24.3 Å². The molecule has 0 unspecified atom stereocenters. The normalized spacial score (nSPS) is 17.5. The zero-order valence-electron chi connectivity index (χ0n) is 16.1. The van der Waals surface area contributed by atoms with Crippen LogP contribution in [0.2, 0.25) is 0 Å². The zero-order chi connectivity index (χ0) is 19.3. The van der Waals surface area contributed by atoms with Crippen LogP contribution in [0.25, 0.3) is 5.69 Å². The molecule has 2 heterocycles. The number of carbonyl (C=O) groups is 1. The summed E-state index contributed by atoms with van der Waals surface area (Å²) in [5.41, 5.74) is 3.08. The largest absolute Gasteiger partial charge is 0.298 e. The first-order chi connectivity index (χ1) is 13.7. The molecule has 0 N–H and O–H groups in total. The van der Waals surface area contributed by atoms with Gasteiger partial charge in [-0.3, -0.25) is 9.69 Å². The molecule has 1 aliphatic rings. The highest BCUT2D eigenvalue weighted by Gasteiger charge is 2.26. The molecule has 4 nitrogen and oxygen atoms in total. The van der Waals surface area contributed by atoms with Crippen molar-refractivity contribution in [1.82, 2.24) is 14.7 Å². The predicted octanol–water partition coefficient (Wildman–Crippen LogP) is 4.69. The van der Waals surface area contributed by atoms with Crippen LogP contribution < -0.4 is 0 Å². The number of ketones is 1. The Balaban J connectivity index is 1.40. The van der Waals surface area contributed by atoms with E-state index in [2.05, 4.69) is 34.6 Å². The van der Waals surface area contributed by atoms with Gasteiger partial charge in [0.2, 0.25) is 0 Å². The summed E-state index contributed by atoms with van der Waals surface area (Å²) < 4.78 is 1.91. The Kier molecular flexibility index (Phi) is 5.93. The number of rotatable bonds is 6. The molecule has 1 aromatic heterocycles. The maximum Gasteiger partial charge on any atom is 0.167 e. The van der Waals surface area contributed by atoms with Gasteiger partial charge in [0.05, 0.1) is 11.9 Å². The molecule has 1 saturated heterocycles. The van der Waals surface area contributed by atoms with Gasteiger partial charge < -0.3 is 0 Å². The molecular weight excluding hydrogens is 366 g/mol. The van der Waals surface area contributed by atoms with Crippen LogP contribution in [0.5, 0.6) is 0 Å². The Hall–Kier alpha value is -2.37. The first-order valence-electron chi connectivity index (χ1n) is 9.72. The van der Waals surface area contributed by atoms with Crippen molar-refractivity contribution >= 4 is 17.5 Å². The molecular formula is C23H25N3OS. The maximum absolute atomic E-state index is 12.9. The fraction of sp³-hybridized carbons (Fsp3) is 0.304. The molecule has 4 rings (SSSR count). The Morgan fingerprint density at radius 2 is 1.93 bits per heavy atom. The van der Waals surface area contributed by atoms with E-state index in [1.165, 1.54) is 10.5 Å². The highest BCUT2D eigenvalue weighted by atomic mass is 32.2. The molecule has 28 heavy (non-hydrogen) atoms. The van der Waals surface area contributed by atoms with Crippen molar-refractivity contribution in [3.05, 3.63) is 78.1 Å². The molecule has 0 aliphatic carbocycles. The number of para-hydroxylation sites is 1. The molecule has 0 spiro atoms. The molecule has 0 saturated carbocycles. The van der Waals surface area contributed by atoms with E-state index in [0.29, 0.717) is 0 Å². The van der Waals surface area contributed by atoms with Crippen LogP contribution in [0, 0.1) is 5.92 Å². The van der Waals surface area contributed by atoms with Gasteiger partial charge in [0, 0.05) is 41.2 Å². The molecule has 0 radical (unpaired) electrons. The van der Waals surface area contributed by atoms with Gasteiger partial charge in [-0.05, 0) is 49.9 Å². The quantitative estimate of drug-likeness (QED) is 0.451. The number of piperidine rings is 1. The molecule has 1 atom stereocenters. The van der Waals surface area contributed by atoms with Crippen molar-refractivity contribution in [1.29, 1.82) is 0 Å². The van der Waals surface area contributed by atoms with Crippen LogP contribution in [-0.2, 0) is 6.54 Å². The van der Waals surface area contributed by atoms with Crippen molar-refractivity contribution in [2.75, 3.05) is 19.3 Å². The van der Waals surface area contributed by atoms with Gasteiger partial charge in [0.15, 0.2) is 5.78 Å². The number of nitrogens with zero attached hydrogens (tertiary/aromatic N) is 3. The fourth-order valence-electron chi connectivity index (χ4n) is 3.83. The molecule has 3 aromatic rings. The monoisotopic (exact) mass is 391 g/mol. The van der Waals surface area contributed by atoms with Crippen LogP contribution in [0.4, 0.5) is 0 Å². The minimum absolute atomic E-state index is 0.0815. The number of aromatic nitrogens is 2. The van der Waals surface area contributed by atoms with Crippen molar-refractivity contribution < 1.29 is 4.79 Å². The standard InChI is InChI=1S/C23H25N3OS/c1-28-22-11-9-19(10-12-22)23(27)20-6-5-13-25(17-20)15-18-14-24-26(16-18)21-7-3-2-4-8-21/h2-4,7-12,14,16,20H,5-6,13,15,17H2,1H3/t20-/m0/s1. The van der Waals surface area contributed by atoms with Gasteiger partial charge in [0.1, 0.15) is 0 Å². The van der Waals surface area contributed by atoms with Crippen molar-refractivity contribution in [2.24, 2.45) is 5.92 Å². The number of benzene rings is 2. The molecule has 144 valence electrons. The third-order valence-electron chi connectivity index (χ3n) is 5.31. The van der Waals surface area contributed by atoms with E-state index in [0.717, 1.165) is 43.7 Å². The summed E-state index contributed by atoms with van der Waals surface area (Å²) in [6.07, 6.45) is 8.10. The Morgan fingerprint density at radius 3 is 2.68 bits per heavy atom. The summed E-state index contributed by atoms with van der Waals surface area (Å²) >= 11 is 1.70. The van der Waals surface area contributed by atoms with Gasteiger partial charge >= 0.3 is 0 Å². The first kappa shape index (κ1) is 19.0. The summed E-state index contributed by atoms with van der Waals surface area (Å²) in [4.78, 5) is 16.5. The lowest BCUT2D eigenvalue weighted by molar-refractivity contribution is 0.0811. The lowest BCUT2D eigenvalue weighted by Gasteiger charge is -2.31. The smallest absolute Gasteiger partial charge is 0.167 e. The van der Waals surface area contributed by atoms with Gasteiger partial charge in [-0.25, -0.2) is 4.68 Å². The second kappa shape index (κ2) is 8.76. The van der Waals surface area contributed by atoms with E-state index < -0.39 is 0 Å². The minimum atomic E-state index is 0.0815. The highest BCUT2D eigenvalue weighted by molar-refractivity contribution is 7.98. The predicted molar refractivity (Wildman–Crippen MR) is 114 cm³/mol. The Morgan fingerprint density at radius 1 is 1.14 bits per heavy atom. The van der Waals surface area contributed by atoms with Crippen molar-refractivity contribution in [3.63, 3.8) is 0 Å².